The summed E-state index contributed by atoms with van der Waals surface area (Å²) in [4.78, 5) is 33.8. The molecule has 12 heteroatoms. The lowest BCUT2D eigenvalue weighted by molar-refractivity contribution is -0.143. The van der Waals surface area contributed by atoms with Crippen LogP contribution in [0.3, 0.4) is 0 Å². The maximum atomic E-state index is 12.3. The van der Waals surface area contributed by atoms with E-state index in [2.05, 4.69) is 6.07 Å². The second-order valence-corrected chi connectivity index (χ2v) is 7.84. The lowest BCUT2D eigenvalue weighted by atomic mass is 10.1. The molecule has 3 rings (SSSR count). The Kier molecular flexibility index (Phi) is 9.77. The number of hydrogen-bond acceptors (Lipinski definition) is 8. The number of carbonyl (C=O) groups is 1. The van der Waals surface area contributed by atoms with Crippen LogP contribution in [0.2, 0.25) is 0 Å². The second kappa shape index (κ2) is 12.5. The molecule has 2 aromatic carbocycles. The van der Waals surface area contributed by atoms with Gasteiger partial charge in [-0.15, -0.1) is 0 Å². The summed E-state index contributed by atoms with van der Waals surface area (Å²) in [6, 6.07) is 17.9. The van der Waals surface area contributed by atoms with E-state index in [4.69, 9.17) is 44.0 Å². The Bertz CT molecular complexity index is 1170. The second-order valence-electron chi connectivity index (χ2n) is 6.81. The minimum Gasteiger partial charge on any atom is -0.485 e. The fourth-order valence-electron chi connectivity index (χ4n) is 2.86. The molecule has 2 aromatic rings. The molecule has 0 saturated heterocycles. The highest BCUT2D eigenvalue weighted by Crippen LogP contribution is 2.29. The van der Waals surface area contributed by atoms with Crippen LogP contribution in [0.15, 0.2) is 60.0 Å². The summed E-state index contributed by atoms with van der Waals surface area (Å²) in [6.07, 6.45) is -0.567. The number of cyclic esters (lactones) is 1. The van der Waals surface area contributed by atoms with Crippen molar-refractivity contribution in [1.82, 2.24) is 0 Å². The largest absolute Gasteiger partial charge is 0.485 e. The van der Waals surface area contributed by atoms with Crippen LogP contribution in [-0.4, -0.2) is 38.5 Å². The number of nitriles is 2. The monoisotopic (exact) mass is 488 g/mol. The molecule has 0 fully saturated rings. The minimum atomic E-state index is -4.64. The molecule has 1 aliphatic heterocycles. The predicted molar refractivity (Wildman–Crippen MR) is 115 cm³/mol. The molecular formula is C22H21N2O9P. The van der Waals surface area contributed by atoms with Crippen molar-refractivity contribution in [2.24, 2.45) is 0 Å². The van der Waals surface area contributed by atoms with Gasteiger partial charge in [0.15, 0.2) is 11.9 Å². The van der Waals surface area contributed by atoms with E-state index < -0.39 is 19.9 Å². The number of aliphatic hydroxyl groups excluding tert-OH is 1. The summed E-state index contributed by atoms with van der Waals surface area (Å²) in [7, 11) is -4.64. The smallest absolute Gasteiger partial charge is 0.466 e. The zero-order chi connectivity index (χ0) is 25.1. The van der Waals surface area contributed by atoms with E-state index >= 15 is 0 Å². The van der Waals surface area contributed by atoms with Crippen molar-refractivity contribution in [1.29, 1.82) is 10.5 Å². The molecule has 0 radical (unpaired) electrons. The fourth-order valence-corrected chi connectivity index (χ4v) is 2.86. The summed E-state index contributed by atoms with van der Waals surface area (Å²) < 4.78 is 25.6. The normalized spacial score (nSPS) is 14.9. The molecule has 4 N–H and O–H groups in total. The Morgan fingerprint density at radius 1 is 0.941 bits per heavy atom. The van der Waals surface area contributed by atoms with Crippen molar-refractivity contribution in [2.45, 2.75) is 25.7 Å². The molecule has 0 spiro atoms. The average molecular weight is 488 g/mol. The molecule has 0 saturated carbocycles. The number of carbonyl (C=O) groups excluding carboxylic acids is 1. The molecule has 11 nitrogen and oxygen atoms in total. The highest BCUT2D eigenvalue weighted by Gasteiger charge is 2.37. The first-order valence-corrected chi connectivity index (χ1v) is 11.3. The van der Waals surface area contributed by atoms with Gasteiger partial charge in [0, 0.05) is 13.0 Å². The molecule has 0 bridgehead atoms. The van der Waals surface area contributed by atoms with Crippen LogP contribution in [0.5, 0.6) is 0 Å². The van der Waals surface area contributed by atoms with Crippen molar-refractivity contribution in [3.8, 4) is 12.1 Å². The molecule has 1 heterocycles. The minimum absolute atomic E-state index is 0.0535. The SMILES string of the molecule is N#Cc1cccc(COC2=C(OCc3cccc(C#N)c3)C(CCO)OC2=O)c1.O=P(O)(O)O. The van der Waals surface area contributed by atoms with Gasteiger partial charge in [-0.05, 0) is 35.4 Å². The maximum absolute atomic E-state index is 12.3. The average Bonchev–Trinajstić information content (AvgIpc) is 3.09. The van der Waals surface area contributed by atoms with Gasteiger partial charge in [-0.25, -0.2) is 9.36 Å². The Morgan fingerprint density at radius 3 is 1.91 bits per heavy atom. The van der Waals surface area contributed by atoms with Gasteiger partial charge in [-0.1, -0.05) is 24.3 Å². The number of hydrogen-bond donors (Lipinski definition) is 4. The summed E-state index contributed by atoms with van der Waals surface area (Å²) >= 11 is 0. The molecule has 0 amide bonds. The first kappa shape index (κ1) is 26.6. The number of benzene rings is 2. The fraction of sp³-hybridized carbons (Fsp3) is 0.227. The van der Waals surface area contributed by atoms with Crippen molar-refractivity contribution >= 4 is 13.8 Å². The lowest BCUT2D eigenvalue weighted by Gasteiger charge is -2.14. The number of phosphoric acid groups is 1. The topological polar surface area (TPSA) is 190 Å². The zero-order valence-electron chi connectivity index (χ0n) is 17.7. The van der Waals surface area contributed by atoms with E-state index in [1.807, 2.05) is 6.07 Å². The van der Waals surface area contributed by atoms with E-state index in [1.165, 1.54) is 0 Å². The van der Waals surface area contributed by atoms with Crippen LogP contribution in [0.25, 0.3) is 0 Å². The number of rotatable bonds is 8. The van der Waals surface area contributed by atoms with Gasteiger partial charge >= 0.3 is 13.8 Å². The van der Waals surface area contributed by atoms with Crippen molar-refractivity contribution in [2.75, 3.05) is 6.61 Å². The highest BCUT2D eigenvalue weighted by atomic mass is 31.2. The van der Waals surface area contributed by atoms with Crippen LogP contribution in [0.4, 0.5) is 0 Å². The standard InChI is InChI=1S/C22H18N2O5.H3O4P/c23-11-15-3-1-5-17(9-15)13-27-20-19(7-8-25)29-22(26)21(20)28-14-18-6-2-4-16(10-18)12-24;1-5(2,3)4/h1-6,9-10,19,25H,7-8,13-14H2;(H3,1,2,3,4). The number of aliphatic hydroxyl groups is 1. The van der Waals surface area contributed by atoms with E-state index in [9.17, 15) is 9.90 Å². The third-order valence-corrected chi connectivity index (χ3v) is 4.23. The molecule has 34 heavy (non-hydrogen) atoms. The van der Waals surface area contributed by atoms with Crippen molar-refractivity contribution in [3.05, 3.63) is 82.3 Å². The summed E-state index contributed by atoms with van der Waals surface area (Å²) in [5.41, 5.74) is 2.46. The molecule has 1 atom stereocenters. The van der Waals surface area contributed by atoms with Gasteiger partial charge in [-0.2, -0.15) is 10.5 Å². The predicted octanol–water partition coefficient (Wildman–Crippen LogP) is 1.75. The van der Waals surface area contributed by atoms with E-state index in [0.717, 1.165) is 11.1 Å². The third kappa shape index (κ3) is 8.68. The quantitative estimate of drug-likeness (QED) is 0.313. The van der Waals surface area contributed by atoms with E-state index in [-0.39, 0.29) is 37.8 Å². The maximum Gasteiger partial charge on any atom is 0.466 e. The van der Waals surface area contributed by atoms with Crippen LogP contribution < -0.4 is 0 Å². The Morgan fingerprint density at radius 2 is 1.44 bits per heavy atom. The van der Waals surface area contributed by atoms with Gasteiger partial charge in [0.25, 0.3) is 0 Å². The molecule has 1 aliphatic rings. The Balaban J connectivity index is 0.000000739. The van der Waals surface area contributed by atoms with Crippen molar-refractivity contribution < 1.29 is 43.4 Å². The van der Waals surface area contributed by atoms with Gasteiger partial charge in [0.05, 0.1) is 23.3 Å². The summed E-state index contributed by atoms with van der Waals surface area (Å²) in [6.45, 7) is -0.0189. The van der Waals surface area contributed by atoms with Gasteiger partial charge in [-0.3, -0.25) is 0 Å². The summed E-state index contributed by atoms with van der Waals surface area (Å²) in [5, 5.41) is 27.3. The van der Waals surface area contributed by atoms with E-state index in [0.29, 0.717) is 11.1 Å². The number of ether oxygens (including phenoxy) is 3. The zero-order valence-corrected chi connectivity index (χ0v) is 18.6. The Hall–Kier alpha value is -3.70. The molecule has 0 aromatic heterocycles. The third-order valence-electron chi connectivity index (χ3n) is 4.23. The first-order chi connectivity index (χ1) is 16.1. The first-order valence-electron chi connectivity index (χ1n) is 9.72. The molecule has 1 unspecified atom stereocenters. The van der Waals surface area contributed by atoms with Gasteiger partial charge < -0.3 is 34.0 Å². The molecule has 178 valence electrons. The summed E-state index contributed by atoms with van der Waals surface area (Å²) in [5.74, 6) is -0.509. The highest BCUT2D eigenvalue weighted by molar-refractivity contribution is 7.45. The van der Waals surface area contributed by atoms with Crippen LogP contribution >= 0.6 is 7.82 Å². The van der Waals surface area contributed by atoms with Gasteiger partial charge in [0.2, 0.25) is 5.76 Å². The Labute approximate surface area is 194 Å². The van der Waals surface area contributed by atoms with Crippen LogP contribution in [0, 0.1) is 22.7 Å². The lowest BCUT2D eigenvalue weighted by Crippen LogP contribution is -2.15. The van der Waals surface area contributed by atoms with Gasteiger partial charge in [0.1, 0.15) is 13.2 Å². The van der Waals surface area contributed by atoms with Crippen LogP contribution in [-0.2, 0) is 36.8 Å². The molecular weight excluding hydrogens is 467 g/mol. The van der Waals surface area contributed by atoms with Crippen LogP contribution in [0.1, 0.15) is 28.7 Å². The number of esters is 1. The molecule has 0 aliphatic carbocycles. The van der Waals surface area contributed by atoms with Crippen molar-refractivity contribution in [3.63, 3.8) is 0 Å². The van der Waals surface area contributed by atoms with E-state index in [1.54, 1.807) is 48.5 Å². The number of nitrogens with zero attached hydrogens (tertiary/aromatic N) is 2.